The Kier molecular flexibility index (Phi) is 7.99. The van der Waals surface area contributed by atoms with Gasteiger partial charge in [0.1, 0.15) is 6.04 Å². The largest absolute Gasteiger partial charge is 0.494 e. The lowest BCUT2D eigenvalue weighted by atomic mass is 10.1. The number of carbonyl (C=O) groups excluding carboxylic acids is 2. The molecule has 150 valence electrons. The predicted molar refractivity (Wildman–Crippen MR) is 108 cm³/mol. The lowest BCUT2D eigenvalue weighted by Gasteiger charge is -2.28. The van der Waals surface area contributed by atoms with Gasteiger partial charge in [0.15, 0.2) is 11.6 Å². The Labute approximate surface area is 165 Å². The summed E-state index contributed by atoms with van der Waals surface area (Å²) in [5, 5.41) is 2.83. The van der Waals surface area contributed by atoms with Crippen LogP contribution in [0.15, 0.2) is 48.5 Å². The zero-order valence-corrected chi connectivity index (χ0v) is 16.6. The van der Waals surface area contributed by atoms with E-state index in [0.717, 1.165) is 6.42 Å². The average Bonchev–Trinajstić information content (AvgIpc) is 2.70. The molecule has 0 heterocycles. The van der Waals surface area contributed by atoms with Gasteiger partial charge in [0.2, 0.25) is 11.8 Å². The van der Waals surface area contributed by atoms with Crippen LogP contribution in [0.4, 0.5) is 10.1 Å². The van der Waals surface area contributed by atoms with Crippen molar-refractivity contribution < 1.29 is 18.7 Å². The van der Waals surface area contributed by atoms with Gasteiger partial charge < -0.3 is 15.0 Å². The number of para-hydroxylation sites is 1. The number of halogens is 1. The maximum Gasteiger partial charge on any atom is 0.246 e. The van der Waals surface area contributed by atoms with E-state index in [4.69, 9.17) is 4.74 Å². The highest BCUT2D eigenvalue weighted by molar-refractivity contribution is 5.96. The molecule has 1 unspecified atom stereocenters. The summed E-state index contributed by atoms with van der Waals surface area (Å²) in [4.78, 5) is 26.9. The molecule has 2 aromatic carbocycles. The highest BCUT2D eigenvalue weighted by atomic mass is 19.1. The zero-order valence-electron chi connectivity index (χ0n) is 16.6. The Hall–Kier alpha value is -2.89. The standard InChI is InChI=1S/C22H27FN2O3/c1-4-14-25(16(2)22(27)24-18-8-6-5-7-9-18)21(26)13-11-17-10-12-20(28-3)19(23)15-17/h5-10,12,15-16H,4,11,13-14H2,1-3H3,(H,24,27). The highest BCUT2D eigenvalue weighted by Gasteiger charge is 2.25. The number of benzene rings is 2. The van der Waals surface area contributed by atoms with Crippen LogP contribution in [-0.2, 0) is 16.0 Å². The summed E-state index contributed by atoms with van der Waals surface area (Å²) in [6.07, 6.45) is 1.34. The molecule has 0 saturated carbocycles. The van der Waals surface area contributed by atoms with Crippen LogP contribution in [0.5, 0.6) is 5.75 Å². The number of anilines is 1. The maximum atomic E-state index is 13.8. The average molecular weight is 386 g/mol. The van der Waals surface area contributed by atoms with Crippen molar-refractivity contribution >= 4 is 17.5 Å². The summed E-state index contributed by atoms with van der Waals surface area (Å²) < 4.78 is 18.7. The minimum absolute atomic E-state index is 0.131. The second-order valence-electron chi connectivity index (χ2n) is 6.59. The third-order valence-electron chi connectivity index (χ3n) is 4.52. The summed E-state index contributed by atoms with van der Waals surface area (Å²) in [5.74, 6) is -0.639. The van der Waals surface area contributed by atoms with Crippen molar-refractivity contribution in [2.75, 3.05) is 19.0 Å². The molecule has 6 heteroatoms. The number of aryl methyl sites for hydroxylation is 1. The summed E-state index contributed by atoms with van der Waals surface area (Å²) >= 11 is 0. The zero-order chi connectivity index (χ0) is 20.5. The van der Waals surface area contributed by atoms with E-state index >= 15 is 0 Å². The van der Waals surface area contributed by atoms with Crippen LogP contribution in [0.3, 0.4) is 0 Å². The Morgan fingerprint density at radius 3 is 2.50 bits per heavy atom. The molecular formula is C22H27FN2O3. The first-order chi connectivity index (χ1) is 13.5. The molecule has 0 radical (unpaired) electrons. The topological polar surface area (TPSA) is 58.6 Å². The summed E-state index contributed by atoms with van der Waals surface area (Å²) in [6.45, 7) is 4.17. The molecule has 1 N–H and O–H groups in total. The fraction of sp³-hybridized carbons (Fsp3) is 0.364. The summed E-state index contributed by atoms with van der Waals surface area (Å²) in [7, 11) is 1.41. The molecule has 28 heavy (non-hydrogen) atoms. The van der Waals surface area contributed by atoms with E-state index in [2.05, 4.69) is 5.32 Å². The molecule has 2 rings (SSSR count). The minimum Gasteiger partial charge on any atom is -0.494 e. The van der Waals surface area contributed by atoms with Crippen molar-refractivity contribution in [1.82, 2.24) is 4.90 Å². The van der Waals surface area contributed by atoms with Crippen molar-refractivity contribution in [3.63, 3.8) is 0 Å². The second-order valence-corrected chi connectivity index (χ2v) is 6.59. The van der Waals surface area contributed by atoms with Crippen LogP contribution in [0, 0.1) is 5.82 Å². The lowest BCUT2D eigenvalue weighted by Crippen LogP contribution is -2.46. The predicted octanol–water partition coefficient (Wildman–Crippen LogP) is 4.03. The Bertz CT molecular complexity index is 796. The van der Waals surface area contributed by atoms with Gasteiger partial charge in [-0.1, -0.05) is 31.2 Å². The third kappa shape index (κ3) is 5.81. The first-order valence-electron chi connectivity index (χ1n) is 9.44. The molecule has 5 nitrogen and oxygen atoms in total. The highest BCUT2D eigenvalue weighted by Crippen LogP contribution is 2.19. The number of amides is 2. The molecule has 2 amide bonds. The number of carbonyl (C=O) groups is 2. The van der Waals surface area contributed by atoms with Crippen molar-refractivity contribution in [2.24, 2.45) is 0 Å². The molecule has 0 saturated heterocycles. The minimum atomic E-state index is -0.597. The van der Waals surface area contributed by atoms with Gasteiger partial charge in [-0.05, 0) is 49.6 Å². The second kappa shape index (κ2) is 10.4. The maximum absolute atomic E-state index is 13.8. The van der Waals surface area contributed by atoms with Crippen molar-refractivity contribution in [3.8, 4) is 5.75 Å². The molecule has 2 aromatic rings. The monoisotopic (exact) mass is 386 g/mol. The number of nitrogens with zero attached hydrogens (tertiary/aromatic N) is 1. The van der Waals surface area contributed by atoms with Gasteiger partial charge in [-0.2, -0.15) is 0 Å². The molecule has 0 fully saturated rings. The van der Waals surface area contributed by atoms with Gasteiger partial charge in [0.25, 0.3) is 0 Å². The quantitative estimate of drug-likeness (QED) is 0.708. The Balaban J connectivity index is 2.00. The van der Waals surface area contributed by atoms with Crippen LogP contribution < -0.4 is 10.1 Å². The van der Waals surface area contributed by atoms with Gasteiger partial charge in [-0.25, -0.2) is 4.39 Å². The molecule has 0 spiro atoms. The van der Waals surface area contributed by atoms with Gasteiger partial charge in [-0.3, -0.25) is 9.59 Å². The Morgan fingerprint density at radius 2 is 1.89 bits per heavy atom. The number of methoxy groups -OCH3 is 1. The van der Waals surface area contributed by atoms with Gasteiger partial charge >= 0.3 is 0 Å². The fourth-order valence-electron chi connectivity index (χ4n) is 2.95. The Morgan fingerprint density at radius 1 is 1.18 bits per heavy atom. The van der Waals surface area contributed by atoms with E-state index in [1.54, 1.807) is 36.1 Å². The molecule has 0 aliphatic rings. The number of hydrogen-bond donors (Lipinski definition) is 1. The number of rotatable bonds is 9. The molecule has 1 atom stereocenters. The van der Waals surface area contributed by atoms with Gasteiger partial charge in [0.05, 0.1) is 7.11 Å². The number of nitrogens with one attached hydrogen (secondary N) is 1. The normalized spacial score (nSPS) is 11.6. The molecule has 0 aliphatic carbocycles. The SMILES string of the molecule is CCCN(C(=O)CCc1ccc(OC)c(F)c1)C(C)C(=O)Nc1ccccc1. The molecular weight excluding hydrogens is 359 g/mol. The van der Waals surface area contributed by atoms with Crippen molar-refractivity contribution in [1.29, 1.82) is 0 Å². The number of hydrogen-bond acceptors (Lipinski definition) is 3. The third-order valence-corrected chi connectivity index (χ3v) is 4.52. The van der Waals surface area contributed by atoms with E-state index in [0.29, 0.717) is 24.2 Å². The van der Waals surface area contributed by atoms with Gasteiger partial charge in [-0.15, -0.1) is 0 Å². The summed E-state index contributed by atoms with van der Waals surface area (Å²) in [5.41, 5.74) is 1.40. The van der Waals surface area contributed by atoms with E-state index in [9.17, 15) is 14.0 Å². The van der Waals surface area contributed by atoms with Crippen LogP contribution in [0.25, 0.3) is 0 Å². The fourth-order valence-corrected chi connectivity index (χ4v) is 2.95. The van der Waals surface area contributed by atoms with Crippen LogP contribution in [0.1, 0.15) is 32.3 Å². The van der Waals surface area contributed by atoms with Gasteiger partial charge in [0, 0.05) is 18.7 Å². The lowest BCUT2D eigenvalue weighted by molar-refractivity contribution is -0.138. The van der Waals surface area contributed by atoms with E-state index < -0.39 is 11.9 Å². The van der Waals surface area contributed by atoms with Crippen LogP contribution in [0.2, 0.25) is 0 Å². The van der Waals surface area contributed by atoms with Crippen molar-refractivity contribution in [2.45, 2.75) is 39.2 Å². The van der Waals surface area contributed by atoms with Crippen LogP contribution in [-0.4, -0.2) is 36.4 Å². The molecule has 0 aliphatic heterocycles. The van der Waals surface area contributed by atoms with E-state index in [-0.39, 0.29) is 24.0 Å². The molecule has 0 aromatic heterocycles. The van der Waals surface area contributed by atoms with Crippen molar-refractivity contribution in [3.05, 3.63) is 59.9 Å². The smallest absolute Gasteiger partial charge is 0.246 e. The summed E-state index contributed by atoms with van der Waals surface area (Å²) in [6, 6.07) is 13.2. The van der Waals surface area contributed by atoms with E-state index in [1.807, 2.05) is 25.1 Å². The van der Waals surface area contributed by atoms with Crippen LogP contribution >= 0.6 is 0 Å². The molecule has 0 bridgehead atoms. The first kappa shape index (κ1) is 21.4. The van der Waals surface area contributed by atoms with E-state index in [1.165, 1.54) is 13.2 Å². The first-order valence-corrected chi connectivity index (χ1v) is 9.44. The number of ether oxygens (including phenoxy) is 1.